The first-order valence-corrected chi connectivity index (χ1v) is 8.77. The van der Waals surface area contributed by atoms with Crippen LogP contribution in [0.2, 0.25) is 0 Å². The summed E-state index contributed by atoms with van der Waals surface area (Å²) in [6.07, 6.45) is 1.66. The van der Waals surface area contributed by atoms with Gasteiger partial charge in [-0.05, 0) is 48.9 Å². The molecule has 5 heteroatoms. The second-order valence-corrected chi connectivity index (χ2v) is 6.29. The lowest BCUT2D eigenvalue weighted by Gasteiger charge is -2.07. The Morgan fingerprint density at radius 2 is 1.68 bits per heavy atom. The van der Waals surface area contributed by atoms with Crippen molar-refractivity contribution in [1.29, 1.82) is 0 Å². The maximum absolute atomic E-state index is 12.0. The topological polar surface area (TPSA) is 48.4 Å². The average Bonchev–Trinajstić information content (AvgIpc) is 2.64. The molecule has 0 radical (unpaired) electrons. The maximum atomic E-state index is 12.0. The first kappa shape index (κ1) is 17.0. The van der Waals surface area contributed by atoms with Crippen LogP contribution < -0.4 is 9.47 Å². The van der Waals surface area contributed by atoms with E-state index in [1.165, 1.54) is 11.8 Å². The quantitative estimate of drug-likeness (QED) is 0.360. The third kappa shape index (κ3) is 5.09. The molecule has 0 saturated carbocycles. The molecule has 0 unspecified atom stereocenters. The smallest absolute Gasteiger partial charge is 0.321 e. The van der Waals surface area contributed by atoms with Gasteiger partial charge in [0.1, 0.15) is 11.5 Å². The molecule has 0 spiro atoms. The van der Waals surface area contributed by atoms with Gasteiger partial charge in [0.25, 0.3) is 0 Å². The number of nitrogens with zero attached hydrogens (tertiary/aromatic N) is 1. The van der Waals surface area contributed by atoms with E-state index in [4.69, 9.17) is 9.47 Å². The van der Waals surface area contributed by atoms with Crippen molar-refractivity contribution in [3.8, 4) is 17.4 Å². The Morgan fingerprint density at radius 1 is 0.960 bits per heavy atom. The highest BCUT2D eigenvalue weighted by Crippen LogP contribution is 2.24. The number of hydrogen-bond acceptors (Lipinski definition) is 5. The van der Waals surface area contributed by atoms with Crippen molar-refractivity contribution in [3.63, 3.8) is 0 Å². The Morgan fingerprint density at radius 3 is 2.40 bits per heavy atom. The van der Waals surface area contributed by atoms with Crippen molar-refractivity contribution in [1.82, 2.24) is 4.98 Å². The number of aromatic nitrogens is 1. The van der Waals surface area contributed by atoms with Gasteiger partial charge in [0, 0.05) is 17.2 Å². The van der Waals surface area contributed by atoms with Crippen molar-refractivity contribution in [2.45, 2.75) is 11.8 Å². The van der Waals surface area contributed by atoms with Crippen molar-refractivity contribution in [2.24, 2.45) is 0 Å². The van der Waals surface area contributed by atoms with Gasteiger partial charge in [-0.3, -0.25) is 4.79 Å². The Bertz CT molecular complexity index is 835. The summed E-state index contributed by atoms with van der Waals surface area (Å²) in [5, 5.41) is 0. The Balaban J connectivity index is 1.52. The van der Waals surface area contributed by atoms with Crippen LogP contribution in [-0.2, 0) is 4.79 Å². The van der Waals surface area contributed by atoms with E-state index in [0.29, 0.717) is 17.4 Å². The Labute approximate surface area is 150 Å². The minimum atomic E-state index is -0.286. The molecule has 1 heterocycles. The number of carbonyl (C=O) groups is 1. The van der Waals surface area contributed by atoms with Crippen LogP contribution in [0.15, 0.2) is 77.8 Å². The summed E-state index contributed by atoms with van der Waals surface area (Å²) in [6.45, 7) is 2.02. The van der Waals surface area contributed by atoms with Crippen LogP contribution in [-0.4, -0.2) is 16.7 Å². The zero-order valence-electron chi connectivity index (χ0n) is 13.7. The summed E-state index contributed by atoms with van der Waals surface area (Å²) < 4.78 is 11.0. The van der Waals surface area contributed by atoms with Gasteiger partial charge < -0.3 is 9.47 Å². The highest BCUT2D eigenvalue weighted by Gasteiger charge is 2.08. The van der Waals surface area contributed by atoms with E-state index in [-0.39, 0.29) is 11.7 Å². The molecule has 0 aliphatic heterocycles. The van der Waals surface area contributed by atoms with E-state index >= 15 is 0 Å². The average molecular weight is 351 g/mol. The third-order valence-electron chi connectivity index (χ3n) is 3.35. The number of pyridine rings is 1. The van der Waals surface area contributed by atoms with E-state index in [2.05, 4.69) is 4.98 Å². The zero-order valence-corrected chi connectivity index (χ0v) is 14.5. The molecule has 25 heavy (non-hydrogen) atoms. The largest absolute Gasteiger partial charge is 0.439 e. The first-order chi connectivity index (χ1) is 12.2. The van der Waals surface area contributed by atoms with Crippen molar-refractivity contribution < 1.29 is 14.3 Å². The predicted octanol–water partition coefficient (Wildman–Crippen LogP) is 4.88. The van der Waals surface area contributed by atoms with Crippen LogP contribution >= 0.6 is 11.8 Å². The fourth-order valence-corrected chi connectivity index (χ4v) is 2.92. The van der Waals surface area contributed by atoms with Crippen LogP contribution in [0.4, 0.5) is 0 Å². The minimum absolute atomic E-state index is 0.261. The molecule has 0 N–H and O–H groups in total. The van der Waals surface area contributed by atoms with Gasteiger partial charge >= 0.3 is 5.97 Å². The van der Waals surface area contributed by atoms with Crippen LogP contribution in [0, 0.1) is 6.92 Å². The minimum Gasteiger partial charge on any atom is -0.439 e. The van der Waals surface area contributed by atoms with E-state index in [1.807, 2.05) is 43.3 Å². The van der Waals surface area contributed by atoms with Gasteiger partial charge in [0.2, 0.25) is 5.88 Å². The Kier molecular flexibility index (Phi) is 5.69. The molecular weight excluding hydrogens is 334 g/mol. The third-order valence-corrected chi connectivity index (χ3v) is 4.50. The van der Waals surface area contributed by atoms with E-state index < -0.39 is 0 Å². The molecule has 1 aromatic heterocycles. The number of rotatable bonds is 6. The summed E-state index contributed by atoms with van der Waals surface area (Å²) in [6, 6.07) is 20.3. The maximum Gasteiger partial charge on any atom is 0.321 e. The normalized spacial score (nSPS) is 10.3. The summed E-state index contributed by atoms with van der Waals surface area (Å²) >= 11 is 1.47. The lowest BCUT2D eigenvalue weighted by Crippen LogP contribution is -2.10. The summed E-state index contributed by atoms with van der Waals surface area (Å²) in [5.74, 6) is 1.61. The van der Waals surface area contributed by atoms with E-state index in [9.17, 15) is 4.79 Å². The van der Waals surface area contributed by atoms with Crippen molar-refractivity contribution in [2.75, 3.05) is 5.75 Å². The SMILES string of the molecule is Cc1ccccc1SCC(=O)Oc1ccc(Oc2ccccn2)cc1. The van der Waals surface area contributed by atoms with Crippen LogP contribution in [0.25, 0.3) is 0 Å². The molecular formula is C20H17NO3S. The van der Waals surface area contributed by atoms with E-state index in [0.717, 1.165) is 10.5 Å². The number of benzene rings is 2. The molecule has 2 aromatic carbocycles. The molecule has 3 rings (SSSR count). The number of thioether (sulfide) groups is 1. The van der Waals surface area contributed by atoms with Gasteiger partial charge in [-0.25, -0.2) is 4.98 Å². The first-order valence-electron chi connectivity index (χ1n) is 7.79. The Hall–Kier alpha value is -2.79. The fraction of sp³-hybridized carbons (Fsp3) is 0.100. The van der Waals surface area contributed by atoms with Crippen LogP contribution in [0.3, 0.4) is 0 Å². The number of hydrogen-bond donors (Lipinski definition) is 0. The van der Waals surface area contributed by atoms with Gasteiger partial charge in [-0.1, -0.05) is 24.3 Å². The van der Waals surface area contributed by atoms with Gasteiger partial charge in [-0.2, -0.15) is 0 Å². The lowest BCUT2D eigenvalue weighted by atomic mass is 10.2. The molecule has 0 bridgehead atoms. The molecule has 0 aliphatic rings. The molecule has 0 atom stereocenters. The summed E-state index contributed by atoms with van der Waals surface area (Å²) in [7, 11) is 0. The molecule has 4 nitrogen and oxygen atoms in total. The monoisotopic (exact) mass is 351 g/mol. The highest BCUT2D eigenvalue weighted by atomic mass is 32.2. The molecule has 0 saturated heterocycles. The second kappa shape index (κ2) is 8.35. The summed E-state index contributed by atoms with van der Waals surface area (Å²) in [4.78, 5) is 17.2. The summed E-state index contributed by atoms with van der Waals surface area (Å²) in [5.41, 5.74) is 1.15. The molecule has 126 valence electrons. The highest BCUT2D eigenvalue weighted by molar-refractivity contribution is 8.00. The molecule has 0 amide bonds. The molecule has 0 fully saturated rings. The van der Waals surface area contributed by atoms with Crippen LogP contribution in [0.1, 0.15) is 5.56 Å². The fourth-order valence-electron chi connectivity index (χ4n) is 2.12. The number of ether oxygens (including phenoxy) is 2. The zero-order chi connectivity index (χ0) is 17.5. The number of esters is 1. The standard InChI is InChI=1S/C20H17NO3S/c1-15-6-2-3-7-18(15)25-14-20(22)24-17-11-9-16(10-12-17)23-19-8-4-5-13-21-19/h2-13H,14H2,1H3. The number of carbonyl (C=O) groups excluding carboxylic acids is 1. The van der Waals surface area contributed by atoms with Crippen LogP contribution in [0.5, 0.6) is 17.4 Å². The predicted molar refractivity (Wildman–Crippen MR) is 98.3 cm³/mol. The molecule has 3 aromatic rings. The van der Waals surface area contributed by atoms with Gasteiger partial charge in [0.15, 0.2) is 0 Å². The van der Waals surface area contributed by atoms with Crippen molar-refractivity contribution >= 4 is 17.7 Å². The second-order valence-electron chi connectivity index (χ2n) is 5.27. The van der Waals surface area contributed by atoms with Crippen molar-refractivity contribution in [3.05, 3.63) is 78.5 Å². The van der Waals surface area contributed by atoms with Gasteiger partial charge in [-0.15, -0.1) is 11.8 Å². The molecule has 0 aliphatic carbocycles. The van der Waals surface area contributed by atoms with Gasteiger partial charge in [0.05, 0.1) is 5.75 Å². The lowest BCUT2D eigenvalue weighted by molar-refractivity contribution is -0.131. The number of aryl methyl sites for hydroxylation is 1. The van der Waals surface area contributed by atoms with E-state index in [1.54, 1.807) is 36.5 Å².